The highest BCUT2D eigenvalue weighted by atomic mass is 35.5. The summed E-state index contributed by atoms with van der Waals surface area (Å²) >= 11 is 6.10. The molecule has 0 aliphatic heterocycles. The third-order valence-corrected chi connectivity index (χ3v) is 3.39. The van der Waals surface area contributed by atoms with Crippen LogP contribution in [0.3, 0.4) is 0 Å². The predicted octanol–water partition coefficient (Wildman–Crippen LogP) is 3.10. The van der Waals surface area contributed by atoms with Crippen molar-refractivity contribution in [2.24, 2.45) is 0 Å². The Kier molecular flexibility index (Phi) is 8.30. The van der Waals surface area contributed by atoms with Crippen LogP contribution >= 0.6 is 11.6 Å². The third-order valence-electron chi connectivity index (χ3n) is 3.12. The summed E-state index contributed by atoms with van der Waals surface area (Å²) in [5.41, 5.74) is 0. The standard InChI is InChI=1S/C14H26ClN5/c1-4-8-17-14-18-11-12(15)13(19-14)16-9-7-10-20(5-2)6-3/h11H,4-10H2,1-3H3,(H2,16,17,18,19). The largest absolute Gasteiger partial charge is 0.369 e. The van der Waals surface area contributed by atoms with Crippen molar-refractivity contribution in [3.63, 3.8) is 0 Å². The van der Waals surface area contributed by atoms with E-state index in [9.17, 15) is 0 Å². The zero-order valence-electron chi connectivity index (χ0n) is 12.7. The van der Waals surface area contributed by atoms with Crippen molar-refractivity contribution in [2.45, 2.75) is 33.6 Å². The molecule has 114 valence electrons. The van der Waals surface area contributed by atoms with Gasteiger partial charge in [-0.2, -0.15) is 4.98 Å². The number of hydrogen-bond acceptors (Lipinski definition) is 5. The summed E-state index contributed by atoms with van der Waals surface area (Å²) in [4.78, 5) is 10.9. The van der Waals surface area contributed by atoms with E-state index in [1.54, 1.807) is 6.20 Å². The molecule has 1 aromatic rings. The fourth-order valence-electron chi connectivity index (χ4n) is 1.86. The van der Waals surface area contributed by atoms with E-state index in [2.05, 4.69) is 46.3 Å². The minimum absolute atomic E-state index is 0.565. The Morgan fingerprint density at radius 2 is 1.90 bits per heavy atom. The Morgan fingerprint density at radius 3 is 2.55 bits per heavy atom. The topological polar surface area (TPSA) is 53.1 Å². The number of rotatable bonds is 10. The van der Waals surface area contributed by atoms with Crippen molar-refractivity contribution in [1.29, 1.82) is 0 Å². The van der Waals surface area contributed by atoms with Crippen LogP contribution in [0.15, 0.2) is 6.20 Å². The smallest absolute Gasteiger partial charge is 0.224 e. The van der Waals surface area contributed by atoms with E-state index in [1.807, 2.05) is 0 Å². The normalized spacial score (nSPS) is 10.8. The monoisotopic (exact) mass is 299 g/mol. The SMILES string of the molecule is CCCNc1ncc(Cl)c(NCCCN(CC)CC)n1. The second-order valence-corrected chi connectivity index (χ2v) is 5.03. The Balaban J connectivity index is 2.42. The lowest BCUT2D eigenvalue weighted by Gasteiger charge is -2.18. The fraction of sp³-hybridized carbons (Fsp3) is 0.714. The fourth-order valence-corrected chi connectivity index (χ4v) is 2.02. The summed E-state index contributed by atoms with van der Waals surface area (Å²) in [5, 5.41) is 7.01. The Morgan fingerprint density at radius 1 is 1.15 bits per heavy atom. The molecule has 0 aliphatic carbocycles. The molecular weight excluding hydrogens is 274 g/mol. The molecule has 0 saturated heterocycles. The summed E-state index contributed by atoms with van der Waals surface area (Å²) in [6, 6.07) is 0. The lowest BCUT2D eigenvalue weighted by atomic mass is 10.3. The molecule has 0 unspecified atom stereocenters. The molecule has 0 radical (unpaired) electrons. The van der Waals surface area contributed by atoms with Crippen molar-refractivity contribution in [3.05, 3.63) is 11.2 Å². The van der Waals surface area contributed by atoms with Gasteiger partial charge < -0.3 is 15.5 Å². The molecular formula is C14H26ClN5. The van der Waals surface area contributed by atoms with E-state index >= 15 is 0 Å². The van der Waals surface area contributed by atoms with Gasteiger partial charge in [-0.25, -0.2) is 4.98 Å². The molecule has 5 nitrogen and oxygen atoms in total. The molecule has 0 atom stereocenters. The molecule has 2 N–H and O–H groups in total. The van der Waals surface area contributed by atoms with Gasteiger partial charge in [0.2, 0.25) is 5.95 Å². The quantitative estimate of drug-likeness (QED) is 0.650. The van der Waals surface area contributed by atoms with Crippen LogP contribution < -0.4 is 10.6 Å². The van der Waals surface area contributed by atoms with Crippen LogP contribution in [0.2, 0.25) is 5.02 Å². The van der Waals surface area contributed by atoms with Crippen molar-refractivity contribution >= 4 is 23.4 Å². The molecule has 0 saturated carbocycles. The van der Waals surface area contributed by atoms with Crippen LogP contribution in [0.5, 0.6) is 0 Å². The van der Waals surface area contributed by atoms with Gasteiger partial charge in [-0.3, -0.25) is 0 Å². The Bertz CT molecular complexity index is 382. The van der Waals surface area contributed by atoms with Gasteiger partial charge in [0.15, 0.2) is 0 Å². The molecule has 20 heavy (non-hydrogen) atoms. The molecule has 0 spiro atoms. The summed E-state index contributed by atoms with van der Waals surface area (Å²) in [6.45, 7) is 11.5. The second kappa shape index (κ2) is 9.77. The number of anilines is 2. The Labute approximate surface area is 127 Å². The summed E-state index contributed by atoms with van der Waals surface area (Å²) in [5.74, 6) is 1.34. The average molecular weight is 300 g/mol. The minimum Gasteiger partial charge on any atom is -0.369 e. The predicted molar refractivity (Wildman–Crippen MR) is 86.7 cm³/mol. The van der Waals surface area contributed by atoms with Gasteiger partial charge >= 0.3 is 0 Å². The van der Waals surface area contributed by atoms with Crippen LogP contribution in [0.25, 0.3) is 0 Å². The first-order chi connectivity index (χ1) is 9.71. The molecule has 0 bridgehead atoms. The van der Waals surface area contributed by atoms with Gasteiger partial charge in [-0.1, -0.05) is 32.4 Å². The molecule has 0 fully saturated rings. The second-order valence-electron chi connectivity index (χ2n) is 4.62. The minimum atomic E-state index is 0.565. The van der Waals surface area contributed by atoms with Crippen molar-refractivity contribution in [1.82, 2.24) is 14.9 Å². The maximum absolute atomic E-state index is 6.10. The van der Waals surface area contributed by atoms with Crippen LogP contribution in [0, 0.1) is 0 Å². The van der Waals surface area contributed by atoms with E-state index in [1.165, 1.54) is 0 Å². The van der Waals surface area contributed by atoms with Crippen LogP contribution in [0.1, 0.15) is 33.6 Å². The number of halogens is 1. The van der Waals surface area contributed by atoms with Crippen LogP contribution in [-0.4, -0.2) is 47.6 Å². The van der Waals surface area contributed by atoms with Crippen molar-refractivity contribution < 1.29 is 0 Å². The molecule has 0 amide bonds. The molecule has 1 rings (SSSR count). The molecule has 6 heteroatoms. The zero-order chi connectivity index (χ0) is 14.8. The van der Waals surface area contributed by atoms with E-state index in [4.69, 9.17) is 11.6 Å². The summed E-state index contributed by atoms with van der Waals surface area (Å²) in [6.07, 6.45) is 3.75. The van der Waals surface area contributed by atoms with Crippen molar-refractivity contribution in [3.8, 4) is 0 Å². The van der Waals surface area contributed by atoms with E-state index in [0.717, 1.165) is 45.6 Å². The van der Waals surface area contributed by atoms with E-state index < -0.39 is 0 Å². The number of aromatic nitrogens is 2. The molecule has 1 heterocycles. The van der Waals surface area contributed by atoms with Gasteiger partial charge in [0.05, 0.1) is 6.20 Å². The van der Waals surface area contributed by atoms with E-state index in [-0.39, 0.29) is 0 Å². The zero-order valence-corrected chi connectivity index (χ0v) is 13.5. The summed E-state index contributed by atoms with van der Waals surface area (Å²) in [7, 11) is 0. The first-order valence-corrected chi connectivity index (χ1v) is 7.81. The highest BCUT2D eigenvalue weighted by Gasteiger charge is 2.05. The van der Waals surface area contributed by atoms with Gasteiger partial charge in [0.1, 0.15) is 10.8 Å². The summed E-state index contributed by atoms with van der Waals surface area (Å²) < 4.78 is 0. The van der Waals surface area contributed by atoms with Gasteiger partial charge in [0, 0.05) is 13.1 Å². The maximum Gasteiger partial charge on any atom is 0.224 e. The lowest BCUT2D eigenvalue weighted by molar-refractivity contribution is 0.303. The van der Waals surface area contributed by atoms with E-state index in [0.29, 0.717) is 16.8 Å². The third kappa shape index (κ3) is 5.92. The van der Waals surface area contributed by atoms with Gasteiger partial charge in [0.25, 0.3) is 0 Å². The highest BCUT2D eigenvalue weighted by molar-refractivity contribution is 6.32. The molecule has 0 aliphatic rings. The first kappa shape index (κ1) is 17.0. The first-order valence-electron chi connectivity index (χ1n) is 7.43. The highest BCUT2D eigenvalue weighted by Crippen LogP contribution is 2.19. The Hall–Kier alpha value is -1.07. The van der Waals surface area contributed by atoms with Gasteiger partial charge in [-0.15, -0.1) is 0 Å². The lowest BCUT2D eigenvalue weighted by Crippen LogP contribution is -2.25. The number of nitrogens with one attached hydrogen (secondary N) is 2. The molecule has 0 aromatic carbocycles. The number of nitrogens with zero attached hydrogens (tertiary/aromatic N) is 3. The van der Waals surface area contributed by atoms with Crippen LogP contribution in [-0.2, 0) is 0 Å². The van der Waals surface area contributed by atoms with Gasteiger partial charge in [-0.05, 0) is 32.5 Å². The van der Waals surface area contributed by atoms with Crippen LogP contribution in [0.4, 0.5) is 11.8 Å². The number of hydrogen-bond donors (Lipinski definition) is 2. The average Bonchev–Trinajstić information content (AvgIpc) is 2.47. The maximum atomic E-state index is 6.10. The van der Waals surface area contributed by atoms with Crippen molar-refractivity contribution in [2.75, 3.05) is 43.4 Å². The molecule has 1 aromatic heterocycles.